The van der Waals surface area contributed by atoms with E-state index in [1.165, 1.54) is 11.3 Å². The molecular formula is C21H30N6OS. The van der Waals surface area contributed by atoms with Crippen LogP contribution in [-0.2, 0) is 0 Å². The number of carbonyl (C=O) groups excluding carboxylic acids is 1. The molecule has 1 N–H and O–H groups in total. The molecule has 1 aliphatic rings. The monoisotopic (exact) mass is 414 g/mol. The summed E-state index contributed by atoms with van der Waals surface area (Å²) in [5.74, 6) is 0.711. The Morgan fingerprint density at radius 1 is 1.38 bits per heavy atom. The van der Waals surface area contributed by atoms with E-state index in [2.05, 4.69) is 45.2 Å². The largest absolute Gasteiger partial charge is 0.348 e. The average Bonchev–Trinajstić information content (AvgIpc) is 3.41. The molecule has 0 radical (unpaired) electrons. The van der Waals surface area contributed by atoms with E-state index in [-0.39, 0.29) is 11.9 Å². The number of aliphatic imine (C=N–C) groups is 1. The summed E-state index contributed by atoms with van der Waals surface area (Å²) in [5.41, 5.74) is 1.36. The highest BCUT2D eigenvalue weighted by molar-refractivity contribution is 7.13. The number of nitrogens with one attached hydrogen (secondary N) is 1. The maximum Gasteiger partial charge on any atom is 0.270 e. The number of hydrogen-bond acceptors (Lipinski definition) is 6. The zero-order valence-electron chi connectivity index (χ0n) is 17.5. The van der Waals surface area contributed by atoms with Gasteiger partial charge in [0, 0.05) is 42.5 Å². The van der Waals surface area contributed by atoms with Crippen molar-refractivity contribution in [2.75, 3.05) is 19.6 Å². The molecule has 3 rings (SSSR count). The molecule has 0 unspecified atom stereocenters. The van der Waals surface area contributed by atoms with E-state index in [0.717, 1.165) is 61.7 Å². The van der Waals surface area contributed by atoms with E-state index in [1.54, 1.807) is 17.1 Å². The molecule has 2 aromatic rings. The molecule has 0 bridgehead atoms. The number of rotatable bonds is 8. The lowest BCUT2D eigenvalue weighted by atomic mass is 10.1. The fraction of sp³-hybridized carbons (Fsp3) is 0.524. The van der Waals surface area contributed by atoms with Crippen LogP contribution in [0.25, 0.3) is 16.4 Å². The van der Waals surface area contributed by atoms with Gasteiger partial charge in [0.05, 0.1) is 6.20 Å². The van der Waals surface area contributed by atoms with Crippen molar-refractivity contribution in [3.05, 3.63) is 29.5 Å². The van der Waals surface area contributed by atoms with Gasteiger partial charge in [-0.15, -0.1) is 11.3 Å². The molecule has 1 aliphatic heterocycles. The standard InChI is InChI=1S/C21H30N6OS/c1-4-7-8-19(22-5-2)27-14-16(13-23-27)21-25-18(15-29-21)20(28)24-17-9-11-26(6-3)12-10-17/h5,8,13-15,17H,4,6-7,9-12H2,1-3H3,(H,24,28)/b19-8+,22-5+. The molecule has 8 heteroatoms. The highest BCUT2D eigenvalue weighted by Gasteiger charge is 2.21. The van der Waals surface area contributed by atoms with Gasteiger partial charge in [-0.2, -0.15) is 5.10 Å². The SMILES string of the molecule is C/C=N/C(=C\CCC)n1cc(-c2nc(C(=O)NC3CCN(CC)CC3)cs2)cn1. The molecule has 7 nitrogen and oxygen atoms in total. The molecule has 2 aromatic heterocycles. The molecule has 0 atom stereocenters. The summed E-state index contributed by atoms with van der Waals surface area (Å²) in [5, 5.41) is 10.2. The number of likely N-dealkylation sites (tertiary alicyclic amines) is 1. The van der Waals surface area contributed by atoms with E-state index < -0.39 is 0 Å². The number of amides is 1. The van der Waals surface area contributed by atoms with Crippen LogP contribution in [-0.4, -0.2) is 57.5 Å². The third kappa shape index (κ3) is 5.61. The lowest BCUT2D eigenvalue weighted by Crippen LogP contribution is -2.44. The Balaban J connectivity index is 1.65. The van der Waals surface area contributed by atoms with Gasteiger partial charge in [0.2, 0.25) is 0 Å². The summed E-state index contributed by atoms with van der Waals surface area (Å²) in [6.07, 6.45) is 11.5. The van der Waals surface area contributed by atoms with Crippen LogP contribution in [0.15, 0.2) is 28.8 Å². The number of allylic oxidation sites excluding steroid dienone is 1. The van der Waals surface area contributed by atoms with Gasteiger partial charge in [-0.1, -0.05) is 20.3 Å². The van der Waals surface area contributed by atoms with Crippen molar-refractivity contribution in [2.24, 2.45) is 4.99 Å². The van der Waals surface area contributed by atoms with Crippen LogP contribution in [0, 0.1) is 0 Å². The predicted molar refractivity (Wildman–Crippen MR) is 119 cm³/mol. The van der Waals surface area contributed by atoms with Gasteiger partial charge in [-0.05, 0) is 38.8 Å². The molecule has 1 amide bonds. The summed E-state index contributed by atoms with van der Waals surface area (Å²) >= 11 is 1.46. The van der Waals surface area contributed by atoms with Crippen molar-refractivity contribution in [1.82, 2.24) is 25.0 Å². The van der Waals surface area contributed by atoms with E-state index in [9.17, 15) is 4.79 Å². The molecule has 1 saturated heterocycles. The van der Waals surface area contributed by atoms with E-state index in [4.69, 9.17) is 0 Å². The first-order valence-corrected chi connectivity index (χ1v) is 11.3. The summed E-state index contributed by atoms with van der Waals surface area (Å²) in [6.45, 7) is 9.35. The van der Waals surface area contributed by atoms with Crippen molar-refractivity contribution in [1.29, 1.82) is 0 Å². The average molecular weight is 415 g/mol. The zero-order valence-corrected chi connectivity index (χ0v) is 18.3. The number of hydrogen-bond donors (Lipinski definition) is 1. The fourth-order valence-corrected chi connectivity index (χ4v) is 4.11. The second kappa shape index (κ2) is 10.5. The van der Waals surface area contributed by atoms with Crippen LogP contribution in [0.5, 0.6) is 0 Å². The van der Waals surface area contributed by atoms with Crippen molar-refractivity contribution in [3.63, 3.8) is 0 Å². The third-order valence-corrected chi connectivity index (χ3v) is 5.94. The quantitative estimate of drug-likeness (QED) is 0.665. The van der Waals surface area contributed by atoms with E-state index in [0.29, 0.717) is 5.69 Å². The summed E-state index contributed by atoms with van der Waals surface area (Å²) < 4.78 is 1.76. The molecular weight excluding hydrogens is 384 g/mol. The van der Waals surface area contributed by atoms with Crippen molar-refractivity contribution in [2.45, 2.75) is 52.5 Å². The number of carbonyl (C=O) groups is 1. The number of thiazole rings is 1. The maximum atomic E-state index is 12.6. The van der Waals surface area contributed by atoms with Gasteiger partial charge in [-0.25, -0.2) is 14.7 Å². The van der Waals surface area contributed by atoms with Crippen LogP contribution >= 0.6 is 11.3 Å². The predicted octanol–water partition coefficient (Wildman–Crippen LogP) is 3.91. The summed E-state index contributed by atoms with van der Waals surface area (Å²) in [6, 6.07) is 0.233. The lowest BCUT2D eigenvalue weighted by Gasteiger charge is -2.31. The molecule has 3 heterocycles. The molecule has 1 fully saturated rings. The Labute approximate surface area is 176 Å². The number of aromatic nitrogens is 3. The second-order valence-electron chi connectivity index (χ2n) is 7.13. The Morgan fingerprint density at radius 3 is 2.86 bits per heavy atom. The zero-order chi connectivity index (χ0) is 20.6. The van der Waals surface area contributed by atoms with Crippen molar-refractivity contribution >= 4 is 29.3 Å². The van der Waals surface area contributed by atoms with Gasteiger partial charge >= 0.3 is 0 Å². The first kappa shape index (κ1) is 21.4. The van der Waals surface area contributed by atoms with Crippen LogP contribution in [0.3, 0.4) is 0 Å². The molecule has 156 valence electrons. The maximum absolute atomic E-state index is 12.6. The Hall–Kier alpha value is -2.32. The Morgan fingerprint density at radius 2 is 2.17 bits per heavy atom. The smallest absolute Gasteiger partial charge is 0.270 e. The Kier molecular flexibility index (Phi) is 7.71. The fourth-order valence-electron chi connectivity index (χ4n) is 3.33. The molecule has 29 heavy (non-hydrogen) atoms. The minimum Gasteiger partial charge on any atom is -0.348 e. The number of unbranched alkanes of at least 4 members (excludes halogenated alkanes) is 1. The van der Waals surface area contributed by atoms with Gasteiger partial charge in [0.25, 0.3) is 5.91 Å². The lowest BCUT2D eigenvalue weighted by molar-refractivity contribution is 0.0908. The highest BCUT2D eigenvalue weighted by Crippen LogP contribution is 2.24. The van der Waals surface area contributed by atoms with Crippen LogP contribution in [0.4, 0.5) is 0 Å². The van der Waals surface area contributed by atoms with Crippen molar-refractivity contribution < 1.29 is 4.79 Å². The minimum atomic E-state index is -0.0889. The molecule has 0 aliphatic carbocycles. The van der Waals surface area contributed by atoms with Crippen LogP contribution in [0.1, 0.15) is 56.9 Å². The normalized spacial score (nSPS) is 16.6. The van der Waals surface area contributed by atoms with Crippen molar-refractivity contribution in [3.8, 4) is 10.6 Å². The van der Waals surface area contributed by atoms with Gasteiger partial charge in [-0.3, -0.25) is 4.79 Å². The first-order chi connectivity index (χ1) is 14.1. The second-order valence-corrected chi connectivity index (χ2v) is 7.99. The van der Waals surface area contributed by atoms with Gasteiger partial charge in [0.1, 0.15) is 16.5 Å². The number of piperidine rings is 1. The first-order valence-electron chi connectivity index (χ1n) is 10.4. The van der Waals surface area contributed by atoms with Crippen LogP contribution < -0.4 is 5.32 Å². The van der Waals surface area contributed by atoms with Gasteiger partial charge < -0.3 is 10.2 Å². The topological polar surface area (TPSA) is 75.4 Å². The third-order valence-electron chi connectivity index (χ3n) is 5.05. The summed E-state index contributed by atoms with van der Waals surface area (Å²) in [4.78, 5) is 23.9. The minimum absolute atomic E-state index is 0.0889. The van der Waals surface area contributed by atoms with Crippen LogP contribution in [0.2, 0.25) is 0 Å². The van der Waals surface area contributed by atoms with Gasteiger partial charge in [0.15, 0.2) is 0 Å². The molecule has 0 spiro atoms. The summed E-state index contributed by atoms with van der Waals surface area (Å²) in [7, 11) is 0. The molecule has 0 aromatic carbocycles. The van der Waals surface area contributed by atoms with E-state index in [1.807, 2.05) is 18.5 Å². The van der Waals surface area contributed by atoms with E-state index >= 15 is 0 Å². The highest BCUT2D eigenvalue weighted by atomic mass is 32.1. The molecule has 0 saturated carbocycles. The Bertz CT molecular complexity index is 860. The number of nitrogens with zero attached hydrogens (tertiary/aromatic N) is 5.